The first-order chi connectivity index (χ1) is 8.64. The van der Waals surface area contributed by atoms with Crippen molar-refractivity contribution in [2.75, 3.05) is 26.9 Å². The van der Waals surface area contributed by atoms with Crippen LogP contribution in [0.1, 0.15) is 45.4 Å². The Labute approximate surface area is 110 Å². The van der Waals surface area contributed by atoms with Crippen LogP contribution in [0, 0.1) is 11.3 Å². The highest BCUT2D eigenvalue weighted by molar-refractivity contribution is 5.74. The molecule has 0 aliphatic heterocycles. The Balaban J connectivity index is 2.37. The average molecular weight is 258 g/mol. The van der Waals surface area contributed by atoms with Crippen molar-refractivity contribution in [3.63, 3.8) is 0 Å². The molecule has 0 aromatic heterocycles. The second-order valence-electron chi connectivity index (χ2n) is 5.29. The van der Waals surface area contributed by atoms with Crippen LogP contribution in [-0.2, 0) is 14.3 Å². The van der Waals surface area contributed by atoms with Crippen LogP contribution in [0.3, 0.4) is 0 Å². The van der Waals surface area contributed by atoms with Gasteiger partial charge in [-0.1, -0.05) is 13.3 Å². The third-order valence-electron chi connectivity index (χ3n) is 4.25. The molecule has 0 amide bonds. The molecule has 0 unspecified atom stereocenters. The van der Waals surface area contributed by atoms with E-state index < -0.39 is 11.4 Å². The van der Waals surface area contributed by atoms with E-state index >= 15 is 0 Å². The van der Waals surface area contributed by atoms with Crippen molar-refractivity contribution < 1.29 is 19.4 Å². The van der Waals surface area contributed by atoms with Crippen molar-refractivity contribution in [3.8, 4) is 0 Å². The standard InChI is InChI=1S/C14H26O4/c1-3-12-4-6-14(7-5-12,13(15)16)8-9-18-11-10-17-2/h12H,3-11H2,1-2H3,(H,15,16). The predicted molar refractivity (Wildman–Crippen MR) is 69.6 cm³/mol. The van der Waals surface area contributed by atoms with E-state index in [-0.39, 0.29) is 0 Å². The van der Waals surface area contributed by atoms with Crippen molar-refractivity contribution in [1.82, 2.24) is 0 Å². The van der Waals surface area contributed by atoms with E-state index in [0.29, 0.717) is 32.2 Å². The zero-order valence-corrected chi connectivity index (χ0v) is 11.6. The number of carbonyl (C=O) groups is 1. The maximum Gasteiger partial charge on any atom is 0.309 e. The lowest BCUT2D eigenvalue weighted by molar-refractivity contribution is -0.153. The van der Waals surface area contributed by atoms with Crippen molar-refractivity contribution in [1.29, 1.82) is 0 Å². The molecule has 0 atom stereocenters. The SMILES string of the molecule is CCC1CCC(CCOCCOC)(C(=O)O)CC1. The van der Waals surface area contributed by atoms with Crippen molar-refractivity contribution >= 4 is 5.97 Å². The summed E-state index contributed by atoms with van der Waals surface area (Å²) in [6.07, 6.45) is 5.48. The Morgan fingerprint density at radius 2 is 1.94 bits per heavy atom. The molecule has 1 fully saturated rings. The lowest BCUT2D eigenvalue weighted by Crippen LogP contribution is -2.36. The lowest BCUT2D eigenvalue weighted by atomic mass is 9.68. The summed E-state index contributed by atoms with van der Waals surface area (Å²) in [4.78, 5) is 11.5. The van der Waals surface area contributed by atoms with Gasteiger partial charge >= 0.3 is 5.97 Å². The van der Waals surface area contributed by atoms with E-state index in [1.807, 2.05) is 0 Å². The molecule has 1 N–H and O–H groups in total. The molecular weight excluding hydrogens is 232 g/mol. The monoisotopic (exact) mass is 258 g/mol. The van der Waals surface area contributed by atoms with Gasteiger partial charge in [0.1, 0.15) is 0 Å². The summed E-state index contributed by atoms with van der Waals surface area (Å²) in [5, 5.41) is 9.47. The van der Waals surface area contributed by atoms with Gasteiger partial charge in [-0.15, -0.1) is 0 Å². The van der Waals surface area contributed by atoms with Crippen LogP contribution < -0.4 is 0 Å². The van der Waals surface area contributed by atoms with Crippen molar-refractivity contribution in [2.45, 2.75) is 45.4 Å². The molecule has 4 heteroatoms. The summed E-state index contributed by atoms with van der Waals surface area (Å²) in [7, 11) is 1.63. The average Bonchev–Trinajstić information content (AvgIpc) is 2.39. The third kappa shape index (κ3) is 4.25. The van der Waals surface area contributed by atoms with E-state index in [9.17, 15) is 9.90 Å². The number of carboxylic acid groups (broad SMARTS) is 1. The van der Waals surface area contributed by atoms with Crippen LogP contribution >= 0.6 is 0 Å². The minimum absolute atomic E-state index is 0.520. The quantitative estimate of drug-likeness (QED) is 0.680. The minimum Gasteiger partial charge on any atom is -0.481 e. The van der Waals surface area contributed by atoms with Crippen LogP contribution in [0.2, 0.25) is 0 Å². The number of aliphatic carboxylic acids is 1. The van der Waals surface area contributed by atoms with Gasteiger partial charge in [0.05, 0.1) is 18.6 Å². The topological polar surface area (TPSA) is 55.8 Å². The zero-order chi connectivity index (χ0) is 13.4. The third-order valence-corrected chi connectivity index (χ3v) is 4.25. The molecule has 0 radical (unpaired) electrons. The highest BCUT2D eigenvalue weighted by Gasteiger charge is 2.41. The van der Waals surface area contributed by atoms with Crippen LogP contribution in [0.4, 0.5) is 0 Å². The van der Waals surface area contributed by atoms with Gasteiger partial charge in [0.25, 0.3) is 0 Å². The lowest BCUT2D eigenvalue weighted by Gasteiger charge is -2.36. The Morgan fingerprint density at radius 3 is 2.44 bits per heavy atom. The smallest absolute Gasteiger partial charge is 0.309 e. The number of ether oxygens (including phenoxy) is 2. The first-order valence-corrected chi connectivity index (χ1v) is 6.94. The molecule has 18 heavy (non-hydrogen) atoms. The molecular formula is C14H26O4. The summed E-state index contributed by atoms with van der Waals surface area (Å²) in [6, 6.07) is 0. The molecule has 4 nitrogen and oxygen atoms in total. The Kier molecular flexibility index (Phi) is 6.65. The molecule has 1 saturated carbocycles. The van der Waals surface area contributed by atoms with E-state index in [2.05, 4.69) is 6.92 Å². The van der Waals surface area contributed by atoms with E-state index in [1.165, 1.54) is 6.42 Å². The van der Waals surface area contributed by atoms with E-state index in [4.69, 9.17) is 9.47 Å². The summed E-state index contributed by atoms with van der Waals surface area (Å²) in [5.74, 6) is 0.0688. The largest absolute Gasteiger partial charge is 0.481 e. The van der Waals surface area contributed by atoms with E-state index in [1.54, 1.807) is 7.11 Å². The summed E-state index contributed by atoms with van der Waals surface area (Å²) in [6.45, 7) is 3.82. The van der Waals surface area contributed by atoms with Crippen molar-refractivity contribution in [2.24, 2.45) is 11.3 Å². The predicted octanol–water partition coefficient (Wildman–Crippen LogP) is 2.71. The summed E-state index contributed by atoms with van der Waals surface area (Å²) in [5.41, 5.74) is -0.543. The van der Waals surface area contributed by atoms with Crippen LogP contribution in [0.25, 0.3) is 0 Å². The van der Waals surface area contributed by atoms with Gasteiger partial charge in [-0.25, -0.2) is 0 Å². The zero-order valence-electron chi connectivity index (χ0n) is 11.6. The van der Waals surface area contributed by atoms with E-state index in [0.717, 1.165) is 25.7 Å². The highest BCUT2D eigenvalue weighted by Crippen LogP contribution is 2.42. The van der Waals surface area contributed by atoms with Gasteiger partial charge in [-0.05, 0) is 38.0 Å². The maximum atomic E-state index is 11.5. The normalized spacial score (nSPS) is 28.2. The molecule has 1 aliphatic rings. The van der Waals surface area contributed by atoms with Gasteiger partial charge in [0.15, 0.2) is 0 Å². The second kappa shape index (κ2) is 7.74. The first-order valence-electron chi connectivity index (χ1n) is 6.94. The Morgan fingerprint density at radius 1 is 1.28 bits per heavy atom. The number of carboxylic acids is 1. The van der Waals surface area contributed by atoms with Crippen molar-refractivity contribution in [3.05, 3.63) is 0 Å². The van der Waals surface area contributed by atoms with Gasteiger partial charge in [0.2, 0.25) is 0 Å². The van der Waals surface area contributed by atoms with Crippen LogP contribution in [0.15, 0.2) is 0 Å². The maximum absolute atomic E-state index is 11.5. The highest BCUT2D eigenvalue weighted by atomic mass is 16.5. The molecule has 1 rings (SSSR count). The van der Waals surface area contributed by atoms with Crippen LogP contribution in [0.5, 0.6) is 0 Å². The second-order valence-corrected chi connectivity index (χ2v) is 5.29. The molecule has 106 valence electrons. The molecule has 0 heterocycles. The van der Waals surface area contributed by atoms with Gasteiger partial charge in [-0.3, -0.25) is 4.79 Å². The molecule has 0 aromatic rings. The molecule has 0 bridgehead atoms. The van der Waals surface area contributed by atoms with Gasteiger partial charge < -0.3 is 14.6 Å². The van der Waals surface area contributed by atoms with Gasteiger partial charge in [-0.2, -0.15) is 0 Å². The fourth-order valence-electron chi connectivity index (χ4n) is 2.72. The fraction of sp³-hybridized carbons (Fsp3) is 0.929. The van der Waals surface area contributed by atoms with Gasteiger partial charge in [0, 0.05) is 13.7 Å². The fourth-order valence-corrected chi connectivity index (χ4v) is 2.72. The van der Waals surface area contributed by atoms with Crippen LogP contribution in [-0.4, -0.2) is 38.0 Å². The molecule has 0 spiro atoms. The Bertz CT molecular complexity index is 244. The number of rotatable bonds is 8. The first kappa shape index (κ1) is 15.4. The molecule has 0 saturated heterocycles. The molecule has 1 aliphatic carbocycles. The number of hydrogen-bond donors (Lipinski definition) is 1. The number of hydrogen-bond acceptors (Lipinski definition) is 3. The molecule has 0 aromatic carbocycles. The summed E-state index contributed by atoms with van der Waals surface area (Å²) >= 11 is 0. The summed E-state index contributed by atoms with van der Waals surface area (Å²) < 4.78 is 10.3. The Hall–Kier alpha value is -0.610. The number of methoxy groups -OCH3 is 1. The minimum atomic E-state index is -0.646.